The summed E-state index contributed by atoms with van der Waals surface area (Å²) in [7, 11) is -2.32. The fraction of sp³-hybridized carbons (Fsp3) is 0.412. The van der Waals surface area contributed by atoms with Gasteiger partial charge in [-0.05, 0) is 36.4 Å². The summed E-state index contributed by atoms with van der Waals surface area (Å²) in [6.07, 6.45) is 0. The van der Waals surface area contributed by atoms with Gasteiger partial charge >= 0.3 is 13.6 Å². The van der Waals surface area contributed by atoms with Gasteiger partial charge in [0.25, 0.3) is 0 Å². The molecule has 0 spiro atoms. The maximum absolute atomic E-state index is 13.4. The predicted octanol–water partition coefficient (Wildman–Crippen LogP) is 3.11. The second-order valence-corrected chi connectivity index (χ2v) is 7.81. The second kappa shape index (κ2) is 8.22. The number of esters is 1. The fourth-order valence-corrected chi connectivity index (χ4v) is 4.84. The van der Waals surface area contributed by atoms with E-state index in [-0.39, 0.29) is 18.9 Å². The third-order valence-electron chi connectivity index (χ3n) is 3.95. The van der Waals surface area contributed by atoms with Gasteiger partial charge in [0.2, 0.25) is 5.85 Å². The lowest BCUT2D eigenvalue weighted by Gasteiger charge is -2.26. The molecule has 1 aromatic carbocycles. The Bertz CT molecular complexity index is 1040. The van der Waals surface area contributed by atoms with E-state index >= 15 is 0 Å². The maximum Gasteiger partial charge on any atom is 0.375 e. The SMILES string of the molecule is CCOP(=O)(OCC)C(OC(C)=O)c1cc2cccc(OC)c2n2nnnc12. The number of benzene rings is 1. The van der Waals surface area contributed by atoms with Crippen molar-refractivity contribution < 1.29 is 27.9 Å². The lowest BCUT2D eigenvalue weighted by molar-refractivity contribution is -0.144. The van der Waals surface area contributed by atoms with E-state index in [1.54, 1.807) is 39.2 Å². The molecule has 11 heteroatoms. The summed E-state index contributed by atoms with van der Waals surface area (Å²) in [5.74, 6) is -1.40. The van der Waals surface area contributed by atoms with Gasteiger partial charge in [0, 0.05) is 12.3 Å². The number of para-hydroxylation sites is 1. The first-order valence-corrected chi connectivity index (χ1v) is 10.3. The molecule has 0 aliphatic heterocycles. The maximum atomic E-state index is 13.4. The number of pyridine rings is 1. The number of nitrogens with zero attached hydrogens (tertiary/aromatic N) is 4. The van der Waals surface area contributed by atoms with Gasteiger partial charge in [-0.1, -0.05) is 12.1 Å². The van der Waals surface area contributed by atoms with Crippen molar-refractivity contribution >= 4 is 30.1 Å². The molecule has 2 heterocycles. The highest BCUT2D eigenvalue weighted by Gasteiger charge is 2.42. The number of fused-ring (bicyclic) bond motifs is 3. The molecule has 0 bridgehead atoms. The van der Waals surface area contributed by atoms with Gasteiger partial charge in [0.1, 0.15) is 11.3 Å². The fourth-order valence-electron chi connectivity index (χ4n) is 2.97. The number of aromatic nitrogens is 4. The molecule has 1 atom stereocenters. The largest absolute Gasteiger partial charge is 0.494 e. The Labute approximate surface area is 161 Å². The van der Waals surface area contributed by atoms with E-state index in [4.69, 9.17) is 18.5 Å². The molecule has 0 aliphatic rings. The molecule has 0 N–H and O–H groups in total. The van der Waals surface area contributed by atoms with Crippen molar-refractivity contribution in [1.29, 1.82) is 0 Å². The monoisotopic (exact) mass is 408 g/mol. The third kappa shape index (κ3) is 3.58. The quantitative estimate of drug-likeness (QED) is 0.409. The van der Waals surface area contributed by atoms with Gasteiger partial charge in [-0.15, -0.1) is 5.10 Å². The van der Waals surface area contributed by atoms with Crippen LogP contribution in [-0.4, -0.2) is 46.3 Å². The summed E-state index contributed by atoms with van der Waals surface area (Å²) in [4.78, 5) is 11.8. The number of methoxy groups -OCH3 is 1. The van der Waals surface area contributed by atoms with Crippen molar-refractivity contribution in [3.8, 4) is 5.75 Å². The van der Waals surface area contributed by atoms with Crippen LogP contribution in [0.15, 0.2) is 24.3 Å². The number of hydrogen-bond donors (Lipinski definition) is 0. The first-order chi connectivity index (χ1) is 13.4. The van der Waals surface area contributed by atoms with Gasteiger partial charge in [-0.25, -0.2) is 0 Å². The molecular formula is C17H21N4O6P. The Kier molecular flexibility index (Phi) is 5.93. The van der Waals surface area contributed by atoms with Gasteiger partial charge in [0.15, 0.2) is 5.65 Å². The van der Waals surface area contributed by atoms with E-state index in [9.17, 15) is 9.36 Å². The highest BCUT2D eigenvalue weighted by atomic mass is 31.2. The van der Waals surface area contributed by atoms with Crippen LogP contribution in [0.2, 0.25) is 0 Å². The predicted molar refractivity (Wildman–Crippen MR) is 100 cm³/mol. The van der Waals surface area contributed by atoms with Gasteiger partial charge in [-0.2, -0.15) is 4.52 Å². The molecule has 3 aromatic rings. The van der Waals surface area contributed by atoms with Crippen LogP contribution in [0.25, 0.3) is 16.6 Å². The molecule has 2 aromatic heterocycles. The second-order valence-electron chi connectivity index (χ2n) is 5.75. The van der Waals surface area contributed by atoms with Crippen molar-refractivity contribution in [1.82, 2.24) is 20.0 Å². The van der Waals surface area contributed by atoms with Crippen molar-refractivity contribution in [3.63, 3.8) is 0 Å². The van der Waals surface area contributed by atoms with E-state index in [2.05, 4.69) is 15.5 Å². The van der Waals surface area contributed by atoms with Gasteiger partial charge < -0.3 is 18.5 Å². The molecule has 28 heavy (non-hydrogen) atoms. The van der Waals surface area contributed by atoms with E-state index in [0.29, 0.717) is 22.2 Å². The highest BCUT2D eigenvalue weighted by molar-refractivity contribution is 7.54. The van der Waals surface area contributed by atoms with Crippen molar-refractivity contribution in [2.45, 2.75) is 26.6 Å². The zero-order valence-electron chi connectivity index (χ0n) is 16.0. The number of hydrogen-bond acceptors (Lipinski definition) is 9. The minimum Gasteiger partial charge on any atom is -0.494 e. The molecule has 3 rings (SSSR count). The molecule has 0 saturated carbocycles. The van der Waals surface area contributed by atoms with Crippen LogP contribution in [0.3, 0.4) is 0 Å². The lowest BCUT2D eigenvalue weighted by atomic mass is 10.1. The van der Waals surface area contributed by atoms with Crippen molar-refractivity contribution in [2.24, 2.45) is 0 Å². The van der Waals surface area contributed by atoms with Crippen LogP contribution >= 0.6 is 7.60 Å². The first-order valence-electron chi connectivity index (χ1n) is 8.68. The van der Waals surface area contributed by atoms with E-state index < -0.39 is 19.4 Å². The summed E-state index contributed by atoms with van der Waals surface area (Å²) < 4.78 is 36.5. The van der Waals surface area contributed by atoms with Crippen molar-refractivity contribution in [3.05, 3.63) is 29.8 Å². The first kappa shape index (κ1) is 20.2. The highest BCUT2D eigenvalue weighted by Crippen LogP contribution is 2.62. The topological polar surface area (TPSA) is 114 Å². The summed E-state index contributed by atoms with van der Waals surface area (Å²) in [6.45, 7) is 4.79. The Hall–Kier alpha value is -2.55. The molecule has 0 aliphatic carbocycles. The van der Waals surface area contributed by atoms with Crippen LogP contribution in [0, 0.1) is 0 Å². The Morgan fingerprint density at radius 1 is 1.25 bits per heavy atom. The zero-order chi connectivity index (χ0) is 20.3. The van der Waals surface area contributed by atoms with E-state index in [1.807, 2.05) is 6.07 Å². The molecule has 150 valence electrons. The van der Waals surface area contributed by atoms with Crippen LogP contribution < -0.4 is 4.74 Å². The molecule has 10 nitrogen and oxygen atoms in total. The number of rotatable bonds is 8. The Morgan fingerprint density at radius 3 is 2.57 bits per heavy atom. The Morgan fingerprint density at radius 2 is 1.96 bits per heavy atom. The normalized spacial score (nSPS) is 13.0. The third-order valence-corrected chi connectivity index (χ3v) is 6.14. The molecule has 0 fully saturated rings. The summed E-state index contributed by atoms with van der Waals surface area (Å²) in [6, 6.07) is 7.09. The Balaban J connectivity index is 2.32. The van der Waals surface area contributed by atoms with Gasteiger partial charge in [0.05, 0.1) is 25.9 Å². The van der Waals surface area contributed by atoms with Crippen LogP contribution in [0.5, 0.6) is 5.75 Å². The van der Waals surface area contributed by atoms with Crippen LogP contribution in [0.1, 0.15) is 32.2 Å². The van der Waals surface area contributed by atoms with Crippen molar-refractivity contribution in [2.75, 3.05) is 20.3 Å². The lowest BCUT2D eigenvalue weighted by Crippen LogP contribution is -2.15. The number of carbonyl (C=O) groups excluding carboxylic acids is 1. The average Bonchev–Trinajstić information content (AvgIpc) is 3.15. The summed E-state index contributed by atoms with van der Waals surface area (Å²) in [5, 5.41) is 12.5. The minimum atomic E-state index is -3.87. The smallest absolute Gasteiger partial charge is 0.375 e. The minimum absolute atomic E-state index is 0.109. The molecule has 1 unspecified atom stereocenters. The zero-order valence-corrected chi connectivity index (χ0v) is 16.9. The van der Waals surface area contributed by atoms with Crippen LogP contribution in [0.4, 0.5) is 0 Å². The average molecular weight is 408 g/mol. The van der Waals surface area contributed by atoms with Gasteiger partial charge in [-0.3, -0.25) is 9.36 Å². The number of carbonyl (C=O) groups is 1. The molecular weight excluding hydrogens is 387 g/mol. The summed E-state index contributed by atoms with van der Waals surface area (Å²) in [5.41, 5.74) is 1.19. The van der Waals surface area contributed by atoms with Crippen LogP contribution in [-0.2, 0) is 23.1 Å². The standard InChI is InChI=1S/C17H21N4O6P/c1-5-25-28(23,26-6-2)17(27-11(3)22)13-10-12-8-7-9-14(24-4)15(12)21-16(13)18-19-20-21/h7-10,17H,5-6H2,1-4H3. The number of ether oxygens (including phenoxy) is 2. The van der Waals surface area contributed by atoms with E-state index in [1.165, 1.54) is 11.4 Å². The molecule has 0 radical (unpaired) electrons. The van der Waals surface area contributed by atoms with E-state index in [0.717, 1.165) is 0 Å². The number of tetrazole rings is 1. The molecule has 0 saturated heterocycles. The summed E-state index contributed by atoms with van der Waals surface area (Å²) >= 11 is 0. The molecule has 0 amide bonds.